The van der Waals surface area contributed by atoms with Crippen LogP contribution in [0.5, 0.6) is 0 Å². The van der Waals surface area contributed by atoms with Gasteiger partial charge in [0.05, 0.1) is 5.70 Å². The average Bonchev–Trinajstić information content (AvgIpc) is 1.85. The number of nitrogens with zero attached hydrogens (tertiary/aromatic N) is 1. The summed E-state index contributed by atoms with van der Waals surface area (Å²) in [6.07, 6.45) is 1.97. The van der Waals surface area contributed by atoms with Crippen LogP contribution in [-0.4, -0.2) is 16.8 Å². The van der Waals surface area contributed by atoms with Gasteiger partial charge >= 0.3 is 0 Å². The molecule has 0 aromatic rings. The topological polar surface area (TPSA) is 72.3 Å². The monoisotopic (exact) mass is 157 g/mol. The van der Waals surface area contributed by atoms with Gasteiger partial charge < -0.3 is 10.7 Å². The molecule has 64 valence electrons. The SMILES string of the molecule is CC(C)(C)N(N)/C=C(\N)C=O. The van der Waals surface area contributed by atoms with Crippen LogP contribution in [0.1, 0.15) is 20.8 Å². The fourth-order valence-corrected chi connectivity index (χ4v) is 0.385. The molecular formula is C7H15N3O. The van der Waals surface area contributed by atoms with E-state index in [2.05, 4.69) is 0 Å². The van der Waals surface area contributed by atoms with E-state index in [-0.39, 0.29) is 11.2 Å². The van der Waals surface area contributed by atoms with Crippen molar-refractivity contribution in [3.05, 3.63) is 11.9 Å². The summed E-state index contributed by atoms with van der Waals surface area (Å²) in [7, 11) is 0. The van der Waals surface area contributed by atoms with Crippen LogP contribution in [0.2, 0.25) is 0 Å². The maximum Gasteiger partial charge on any atom is 0.167 e. The number of carbonyl (C=O) groups excluding carboxylic acids is 1. The van der Waals surface area contributed by atoms with Gasteiger partial charge in [-0.15, -0.1) is 0 Å². The zero-order chi connectivity index (χ0) is 9.07. The molecule has 0 aromatic carbocycles. The van der Waals surface area contributed by atoms with Crippen LogP contribution < -0.4 is 11.6 Å². The fraction of sp³-hybridized carbons (Fsp3) is 0.571. The molecule has 4 N–H and O–H groups in total. The van der Waals surface area contributed by atoms with Crippen molar-refractivity contribution in [2.45, 2.75) is 26.3 Å². The second kappa shape index (κ2) is 3.39. The molecule has 0 amide bonds. The van der Waals surface area contributed by atoms with Crippen molar-refractivity contribution < 1.29 is 4.79 Å². The van der Waals surface area contributed by atoms with Gasteiger partial charge in [-0.25, -0.2) is 5.84 Å². The quantitative estimate of drug-likeness (QED) is 0.255. The standard InChI is InChI=1S/C7H15N3O/c1-7(2,3)10(9)4-6(8)5-11/h4-5H,8-9H2,1-3H3/b6-4-. The number of hydrogen-bond donors (Lipinski definition) is 2. The Morgan fingerprint density at radius 2 is 1.91 bits per heavy atom. The average molecular weight is 157 g/mol. The maximum atomic E-state index is 10.1. The third-order valence-corrected chi connectivity index (χ3v) is 1.20. The highest BCUT2D eigenvalue weighted by atomic mass is 16.1. The second-order valence-corrected chi connectivity index (χ2v) is 3.33. The molecule has 0 saturated heterocycles. The molecule has 0 bridgehead atoms. The molecule has 0 aromatic heterocycles. The van der Waals surface area contributed by atoms with E-state index in [1.165, 1.54) is 11.2 Å². The van der Waals surface area contributed by atoms with E-state index in [1.54, 1.807) is 0 Å². The van der Waals surface area contributed by atoms with Gasteiger partial charge in [0, 0.05) is 11.7 Å². The van der Waals surface area contributed by atoms with E-state index >= 15 is 0 Å². The van der Waals surface area contributed by atoms with Gasteiger partial charge in [-0.05, 0) is 20.8 Å². The summed E-state index contributed by atoms with van der Waals surface area (Å²) in [5.74, 6) is 5.55. The van der Waals surface area contributed by atoms with Gasteiger partial charge in [0.15, 0.2) is 6.29 Å². The summed E-state index contributed by atoms with van der Waals surface area (Å²) in [5, 5.41) is 1.40. The normalized spacial score (nSPS) is 12.9. The van der Waals surface area contributed by atoms with Crippen molar-refractivity contribution in [3.63, 3.8) is 0 Å². The molecule has 0 spiro atoms. The van der Waals surface area contributed by atoms with Gasteiger partial charge in [-0.1, -0.05) is 0 Å². The first kappa shape index (κ1) is 9.97. The van der Waals surface area contributed by atoms with Crippen molar-refractivity contribution >= 4 is 6.29 Å². The Balaban J connectivity index is 4.28. The number of allylic oxidation sites excluding steroid dienone is 1. The molecule has 0 radical (unpaired) electrons. The third kappa shape index (κ3) is 3.62. The smallest absolute Gasteiger partial charge is 0.167 e. The van der Waals surface area contributed by atoms with Crippen molar-refractivity contribution in [2.75, 3.05) is 0 Å². The zero-order valence-electron chi connectivity index (χ0n) is 7.16. The predicted molar refractivity (Wildman–Crippen MR) is 44.1 cm³/mol. The minimum absolute atomic E-state index is 0.127. The second-order valence-electron chi connectivity index (χ2n) is 3.33. The van der Waals surface area contributed by atoms with Crippen LogP contribution in [0.4, 0.5) is 0 Å². The number of aldehydes is 1. The molecule has 0 saturated carbocycles. The largest absolute Gasteiger partial charge is 0.395 e. The molecular weight excluding hydrogens is 142 g/mol. The molecule has 0 heterocycles. The van der Waals surface area contributed by atoms with Crippen LogP contribution in [-0.2, 0) is 4.79 Å². The minimum Gasteiger partial charge on any atom is -0.395 e. The van der Waals surface area contributed by atoms with Crippen LogP contribution >= 0.6 is 0 Å². The van der Waals surface area contributed by atoms with E-state index in [1.807, 2.05) is 20.8 Å². The lowest BCUT2D eigenvalue weighted by Crippen LogP contribution is -2.43. The Hall–Kier alpha value is -1.03. The van der Waals surface area contributed by atoms with Crippen LogP contribution in [0.3, 0.4) is 0 Å². The summed E-state index contributed by atoms with van der Waals surface area (Å²) in [6, 6.07) is 0. The first-order chi connectivity index (χ1) is 4.88. The van der Waals surface area contributed by atoms with Gasteiger partial charge in [-0.3, -0.25) is 4.79 Å². The Kier molecular flexibility index (Phi) is 3.07. The molecule has 4 nitrogen and oxygen atoms in total. The van der Waals surface area contributed by atoms with E-state index < -0.39 is 0 Å². The summed E-state index contributed by atoms with van der Waals surface area (Å²) >= 11 is 0. The van der Waals surface area contributed by atoms with Crippen LogP contribution in [0.25, 0.3) is 0 Å². The number of nitrogens with two attached hydrogens (primary N) is 2. The summed E-state index contributed by atoms with van der Waals surface area (Å²) < 4.78 is 0. The van der Waals surface area contributed by atoms with Gasteiger partial charge in [0.2, 0.25) is 0 Å². The van der Waals surface area contributed by atoms with Crippen LogP contribution in [0.15, 0.2) is 11.9 Å². The number of rotatable bonds is 2. The zero-order valence-corrected chi connectivity index (χ0v) is 7.16. The summed E-state index contributed by atoms with van der Waals surface area (Å²) in [4.78, 5) is 10.1. The number of hydrazine groups is 1. The first-order valence-corrected chi connectivity index (χ1v) is 3.34. The Morgan fingerprint density at radius 1 is 1.45 bits per heavy atom. The molecule has 4 heteroatoms. The highest BCUT2D eigenvalue weighted by molar-refractivity contribution is 5.71. The molecule has 0 fully saturated rings. The van der Waals surface area contributed by atoms with E-state index in [0.29, 0.717) is 6.29 Å². The molecule has 11 heavy (non-hydrogen) atoms. The number of hydrogen-bond acceptors (Lipinski definition) is 4. The molecule has 0 aliphatic rings. The minimum atomic E-state index is -0.215. The van der Waals surface area contributed by atoms with Gasteiger partial charge in [0.25, 0.3) is 0 Å². The van der Waals surface area contributed by atoms with Gasteiger partial charge in [0.1, 0.15) is 0 Å². The highest BCUT2D eigenvalue weighted by Crippen LogP contribution is 2.08. The maximum absolute atomic E-state index is 10.1. The van der Waals surface area contributed by atoms with Gasteiger partial charge in [-0.2, -0.15) is 0 Å². The van der Waals surface area contributed by atoms with E-state index in [0.717, 1.165) is 0 Å². The van der Waals surface area contributed by atoms with Crippen molar-refractivity contribution in [1.82, 2.24) is 5.01 Å². The van der Waals surface area contributed by atoms with E-state index in [9.17, 15) is 4.79 Å². The van der Waals surface area contributed by atoms with Crippen LogP contribution in [0, 0.1) is 0 Å². The lowest BCUT2D eigenvalue weighted by atomic mass is 10.1. The van der Waals surface area contributed by atoms with Crippen molar-refractivity contribution in [3.8, 4) is 0 Å². The fourth-order valence-electron chi connectivity index (χ4n) is 0.385. The van der Waals surface area contributed by atoms with Crippen molar-refractivity contribution in [2.24, 2.45) is 11.6 Å². The van der Waals surface area contributed by atoms with Crippen molar-refractivity contribution in [1.29, 1.82) is 0 Å². The first-order valence-electron chi connectivity index (χ1n) is 3.34. The van der Waals surface area contributed by atoms with E-state index in [4.69, 9.17) is 11.6 Å². The summed E-state index contributed by atoms with van der Waals surface area (Å²) in [5.41, 5.74) is 5.15. The summed E-state index contributed by atoms with van der Waals surface area (Å²) in [6.45, 7) is 5.75. The molecule has 0 aliphatic carbocycles. The molecule has 0 unspecified atom stereocenters. The Morgan fingerprint density at radius 3 is 2.18 bits per heavy atom. The lowest BCUT2D eigenvalue weighted by Gasteiger charge is -2.29. The Labute approximate surface area is 66.8 Å². The third-order valence-electron chi connectivity index (χ3n) is 1.20. The molecule has 0 aliphatic heterocycles. The number of carbonyl (C=O) groups is 1. The Bertz CT molecular complexity index is 169. The molecule has 0 rings (SSSR count). The molecule has 0 atom stereocenters. The highest BCUT2D eigenvalue weighted by Gasteiger charge is 2.14. The predicted octanol–water partition coefficient (Wildman–Crippen LogP) is -0.0404. The lowest BCUT2D eigenvalue weighted by molar-refractivity contribution is -0.105.